The van der Waals surface area contributed by atoms with Crippen LogP contribution < -0.4 is 4.74 Å². The molecule has 1 aromatic carbocycles. The molecule has 0 bridgehead atoms. The van der Waals surface area contributed by atoms with Crippen LogP contribution in [0.1, 0.15) is 26.9 Å². The molecule has 0 saturated carbocycles. The molecule has 23 heavy (non-hydrogen) atoms. The highest BCUT2D eigenvalue weighted by molar-refractivity contribution is 5.84. The summed E-state index contributed by atoms with van der Waals surface area (Å²) in [5.74, 6) is 0.650. The molecule has 6 heteroatoms. The summed E-state index contributed by atoms with van der Waals surface area (Å²) in [7, 11) is 0. The zero-order valence-electron chi connectivity index (χ0n) is 11.9. The Kier molecular flexibility index (Phi) is 3.97. The van der Waals surface area contributed by atoms with Crippen LogP contribution in [-0.4, -0.2) is 17.4 Å². The zero-order valence-corrected chi connectivity index (χ0v) is 11.9. The van der Waals surface area contributed by atoms with E-state index < -0.39 is 5.97 Å². The van der Waals surface area contributed by atoms with E-state index in [4.69, 9.17) is 18.7 Å². The van der Waals surface area contributed by atoms with Crippen LogP contribution >= 0.6 is 0 Å². The quantitative estimate of drug-likeness (QED) is 0.699. The van der Waals surface area contributed by atoms with Gasteiger partial charge in [-0.2, -0.15) is 0 Å². The highest BCUT2D eigenvalue weighted by Crippen LogP contribution is 2.24. The fourth-order valence-corrected chi connectivity index (χ4v) is 2.01. The van der Waals surface area contributed by atoms with Gasteiger partial charge in [0.15, 0.2) is 12.0 Å². The highest BCUT2D eigenvalue weighted by atomic mass is 16.5. The molecule has 2 aromatic heterocycles. The molecule has 1 N–H and O–H groups in total. The number of ether oxygens (including phenoxy) is 1. The molecule has 0 unspecified atom stereocenters. The number of aldehydes is 1. The number of carboxylic acids is 1. The van der Waals surface area contributed by atoms with Gasteiger partial charge in [0, 0.05) is 5.56 Å². The fraction of sp³-hybridized carbons (Fsp3) is 0.0588. The van der Waals surface area contributed by atoms with E-state index in [1.165, 1.54) is 6.07 Å². The molecule has 0 aliphatic rings. The Bertz CT molecular complexity index is 825. The van der Waals surface area contributed by atoms with Crippen molar-refractivity contribution in [2.24, 2.45) is 0 Å². The van der Waals surface area contributed by atoms with Gasteiger partial charge in [0.1, 0.15) is 23.9 Å². The fourth-order valence-electron chi connectivity index (χ4n) is 2.01. The number of hydrogen-bond acceptors (Lipinski definition) is 5. The van der Waals surface area contributed by atoms with Crippen LogP contribution in [0.4, 0.5) is 0 Å². The predicted molar refractivity (Wildman–Crippen MR) is 79.5 cm³/mol. The van der Waals surface area contributed by atoms with Crippen molar-refractivity contribution >= 4 is 12.3 Å². The van der Waals surface area contributed by atoms with E-state index in [1.54, 1.807) is 42.5 Å². The number of carbonyl (C=O) groups excluding carboxylic acids is 1. The third kappa shape index (κ3) is 3.32. The second-order valence-electron chi connectivity index (χ2n) is 4.70. The maximum atomic E-state index is 10.7. The molecule has 3 aromatic rings. The molecule has 0 spiro atoms. The van der Waals surface area contributed by atoms with Crippen molar-refractivity contribution in [1.29, 1.82) is 0 Å². The molecule has 0 saturated heterocycles. The maximum Gasteiger partial charge on any atom is 0.371 e. The molecule has 0 fully saturated rings. The Morgan fingerprint density at radius 3 is 2.43 bits per heavy atom. The van der Waals surface area contributed by atoms with Crippen LogP contribution in [0, 0.1) is 0 Å². The SMILES string of the molecule is O=Cc1ccc(-c2ccc(OCc3ccc(C(=O)O)o3)cc2)o1. The molecule has 0 amide bonds. The van der Waals surface area contributed by atoms with Gasteiger partial charge in [-0.15, -0.1) is 0 Å². The number of carboxylic acid groups (broad SMARTS) is 1. The summed E-state index contributed by atoms with van der Waals surface area (Å²) >= 11 is 0. The van der Waals surface area contributed by atoms with Crippen molar-refractivity contribution in [2.45, 2.75) is 6.61 Å². The molecule has 116 valence electrons. The summed E-state index contributed by atoms with van der Waals surface area (Å²) in [4.78, 5) is 21.3. The van der Waals surface area contributed by atoms with Gasteiger partial charge in [0.05, 0.1) is 0 Å². The lowest BCUT2D eigenvalue weighted by atomic mass is 10.2. The third-order valence-electron chi connectivity index (χ3n) is 3.14. The van der Waals surface area contributed by atoms with Gasteiger partial charge in [-0.1, -0.05) is 0 Å². The molecule has 0 aliphatic heterocycles. The summed E-state index contributed by atoms with van der Waals surface area (Å²) in [5, 5.41) is 8.78. The Hall–Kier alpha value is -3.28. The number of rotatable bonds is 6. The predicted octanol–water partition coefficient (Wildman–Crippen LogP) is 3.63. The van der Waals surface area contributed by atoms with Gasteiger partial charge in [0.25, 0.3) is 0 Å². The van der Waals surface area contributed by atoms with Gasteiger partial charge in [-0.05, 0) is 48.5 Å². The van der Waals surface area contributed by atoms with E-state index in [1.807, 2.05) is 0 Å². The second-order valence-corrected chi connectivity index (χ2v) is 4.70. The minimum atomic E-state index is -1.12. The van der Waals surface area contributed by atoms with E-state index in [2.05, 4.69) is 0 Å². The number of furan rings is 2. The number of aromatic carboxylic acids is 1. The first kappa shape index (κ1) is 14.6. The number of carbonyl (C=O) groups is 2. The van der Waals surface area contributed by atoms with Crippen LogP contribution in [0.5, 0.6) is 5.75 Å². The highest BCUT2D eigenvalue weighted by Gasteiger charge is 2.09. The van der Waals surface area contributed by atoms with Crippen molar-refractivity contribution < 1.29 is 28.3 Å². The molecule has 6 nitrogen and oxygen atoms in total. The topological polar surface area (TPSA) is 89.9 Å². The second kappa shape index (κ2) is 6.23. The summed E-state index contributed by atoms with van der Waals surface area (Å²) in [5.41, 5.74) is 0.816. The Morgan fingerprint density at radius 1 is 1.04 bits per heavy atom. The monoisotopic (exact) mass is 312 g/mol. The van der Waals surface area contributed by atoms with Crippen LogP contribution in [0.25, 0.3) is 11.3 Å². The Balaban J connectivity index is 1.65. The van der Waals surface area contributed by atoms with Crippen LogP contribution in [0.3, 0.4) is 0 Å². The van der Waals surface area contributed by atoms with E-state index in [-0.39, 0.29) is 18.1 Å². The lowest BCUT2D eigenvalue weighted by Crippen LogP contribution is -1.95. The zero-order chi connectivity index (χ0) is 16.2. The lowest BCUT2D eigenvalue weighted by molar-refractivity contribution is 0.0658. The average molecular weight is 312 g/mol. The van der Waals surface area contributed by atoms with E-state index in [0.717, 1.165) is 5.56 Å². The van der Waals surface area contributed by atoms with Crippen molar-refractivity contribution in [3.05, 3.63) is 65.8 Å². The smallest absolute Gasteiger partial charge is 0.371 e. The Morgan fingerprint density at radius 2 is 1.83 bits per heavy atom. The van der Waals surface area contributed by atoms with Crippen molar-refractivity contribution in [1.82, 2.24) is 0 Å². The normalized spacial score (nSPS) is 10.4. The van der Waals surface area contributed by atoms with E-state index in [0.29, 0.717) is 23.6 Å². The summed E-state index contributed by atoms with van der Waals surface area (Å²) < 4.78 is 16.0. The average Bonchev–Trinajstić information content (AvgIpc) is 3.23. The molecule has 3 rings (SSSR count). The standard InChI is InChI=1S/C17H12O6/c18-9-13-5-7-15(22-13)11-1-3-12(4-2-11)21-10-14-6-8-16(23-14)17(19)20/h1-9H,10H2,(H,19,20). The first-order valence-corrected chi connectivity index (χ1v) is 6.76. The largest absolute Gasteiger partial charge is 0.486 e. The molecule has 0 atom stereocenters. The number of benzene rings is 1. The minimum absolute atomic E-state index is 0.122. The third-order valence-corrected chi connectivity index (χ3v) is 3.14. The van der Waals surface area contributed by atoms with Gasteiger partial charge in [0.2, 0.25) is 5.76 Å². The maximum absolute atomic E-state index is 10.7. The lowest BCUT2D eigenvalue weighted by Gasteiger charge is -2.05. The molecular formula is C17H12O6. The number of hydrogen-bond donors (Lipinski definition) is 1. The van der Waals surface area contributed by atoms with E-state index >= 15 is 0 Å². The first-order chi connectivity index (χ1) is 11.2. The molecule has 0 aliphatic carbocycles. The van der Waals surface area contributed by atoms with Gasteiger partial charge < -0.3 is 18.7 Å². The van der Waals surface area contributed by atoms with Crippen molar-refractivity contribution in [3.8, 4) is 17.1 Å². The molecule has 0 radical (unpaired) electrons. The minimum Gasteiger partial charge on any atom is -0.486 e. The van der Waals surface area contributed by atoms with Crippen molar-refractivity contribution in [3.63, 3.8) is 0 Å². The Labute approximate surface area is 130 Å². The van der Waals surface area contributed by atoms with Crippen LogP contribution in [0.15, 0.2) is 57.4 Å². The first-order valence-electron chi connectivity index (χ1n) is 6.76. The molecular weight excluding hydrogens is 300 g/mol. The van der Waals surface area contributed by atoms with Gasteiger partial charge >= 0.3 is 5.97 Å². The molecule has 2 heterocycles. The summed E-state index contributed by atoms with van der Waals surface area (Å²) in [6.07, 6.45) is 0.649. The summed E-state index contributed by atoms with van der Waals surface area (Å²) in [6, 6.07) is 13.4. The van der Waals surface area contributed by atoms with Crippen molar-refractivity contribution in [2.75, 3.05) is 0 Å². The van der Waals surface area contributed by atoms with Crippen LogP contribution in [-0.2, 0) is 6.61 Å². The van der Waals surface area contributed by atoms with Gasteiger partial charge in [-0.25, -0.2) is 4.79 Å². The van der Waals surface area contributed by atoms with Gasteiger partial charge in [-0.3, -0.25) is 4.79 Å². The van der Waals surface area contributed by atoms with Crippen LogP contribution in [0.2, 0.25) is 0 Å². The van der Waals surface area contributed by atoms with E-state index in [9.17, 15) is 9.59 Å². The summed E-state index contributed by atoms with van der Waals surface area (Å²) in [6.45, 7) is 0.128.